The molecule has 0 radical (unpaired) electrons. The first-order valence-electron chi connectivity index (χ1n) is 6.97. The fraction of sp³-hybridized carbons (Fsp3) is 0.105. The maximum atomic E-state index is 10.1. The van der Waals surface area contributed by atoms with Gasteiger partial charge in [0.05, 0.1) is 5.69 Å². The van der Waals surface area contributed by atoms with Crippen molar-refractivity contribution in [1.29, 1.82) is 0 Å². The number of benzene rings is 3. The molecule has 0 spiro atoms. The average Bonchev–Trinajstić information content (AvgIpc) is 2.48. The van der Waals surface area contributed by atoms with E-state index in [1.807, 2.05) is 49.4 Å². The van der Waals surface area contributed by atoms with E-state index in [1.54, 1.807) is 12.3 Å². The van der Waals surface area contributed by atoms with Crippen LogP contribution in [0, 0.1) is 13.8 Å². The monoisotopic (exact) mass is 275 g/mol. The van der Waals surface area contributed by atoms with Gasteiger partial charge in [-0.15, -0.1) is 0 Å². The number of aryl methyl sites for hydroxylation is 2. The molecule has 2 heteroatoms. The summed E-state index contributed by atoms with van der Waals surface area (Å²) >= 11 is 0. The van der Waals surface area contributed by atoms with Crippen molar-refractivity contribution in [3.63, 3.8) is 0 Å². The molecule has 0 aromatic heterocycles. The Morgan fingerprint density at radius 3 is 2.57 bits per heavy atom. The summed E-state index contributed by atoms with van der Waals surface area (Å²) in [6, 6.07) is 17.8. The standard InChI is InChI=1S/C19H17NO/c1-13-7-9-18(14(2)11-13)20-12-17-16-6-4-3-5-15(16)8-10-19(17)21/h3-12,21H,1-2H3. The molecule has 21 heavy (non-hydrogen) atoms. The second kappa shape index (κ2) is 5.41. The Kier molecular flexibility index (Phi) is 3.44. The predicted molar refractivity (Wildman–Crippen MR) is 88.8 cm³/mol. The van der Waals surface area contributed by atoms with Crippen LogP contribution < -0.4 is 0 Å². The fourth-order valence-electron chi connectivity index (χ4n) is 2.50. The van der Waals surface area contributed by atoms with Gasteiger partial charge in [0.1, 0.15) is 5.75 Å². The first kappa shape index (κ1) is 13.4. The molecule has 3 aromatic carbocycles. The number of hydrogen-bond acceptors (Lipinski definition) is 2. The van der Waals surface area contributed by atoms with Crippen molar-refractivity contribution in [3.05, 3.63) is 71.3 Å². The maximum absolute atomic E-state index is 10.1. The van der Waals surface area contributed by atoms with Crippen LogP contribution in [0.15, 0.2) is 59.6 Å². The highest BCUT2D eigenvalue weighted by Gasteiger charge is 2.04. The van der Waals surface area contributed by atoms with E-state index >= 15 is 0 Å². The van der Waals surface area contributed by atoms with Crippen LogP contribution in [0.5, 0.6) is 5.75 Å². The van der Waals surface area contributed by atoms with Gasteiger partial charge in [0.15, 0.2) is 0 Å². The van der Waals surface area contributed by atoms with Crippen molar-refractivity contribution in [2.45, 2.75) is 13.8 Å². The average molecular weight is 275 g/mol. The molecule has 0 atom stereocenters. The molecule has 2 nitrogen and oxygen atoms in total. The first-order chi connectivity index (χ1) is 10.1. The molecule has 104 valence electrons. The zero-order valence-electron chi connectivity index (χ0n) is 12.2. The maximum Gasteiger partial charge on any atom is 0.124 e. The molecule has 0 aliphatic rings. The topological polar surface area (TPSA) is 32.6 Å². The lowest BCUT2D eigenvalue weighted by Crippen LogP contribution is -1.86. The van der Waals surface area contributed by atoms with Gasteiger partial charge in [-0.25, -0.2) is 0 Å². The summed E-state index contributed by atoms with van der Waals surface area (Å²) in [4.78, 5) is 4.54. The highest BCUT2D eigenvalue weighted by molar-refractivity contribution is 6.03. The van der Waals surface area contributed by atoms with E-state index in [0.717, 1.165) is 27.6 Å². The number of phenolic OH excluding ortho intramolecular Hbond substituents is 1. The van der Waals surface area contributed by atoms with Crippen molar-refractivity contribution >= 4 is 22.7 Å². The summed E-state index contributed by atoms with van der Waals surface area (Å²) in [5, 5.41) is 12.2. The van der Waals surface area contributed by atoms with E-state index in [9.17, 15) is 5.11 Å². The van der Waals surface area contributed by atoms with Crippen LogP contribution in [-0.2, 0) is 0 Å². The van der Waals surface area contributed by atoms with Crippen molar-refractivity contribution in [2.24, 2.45) is 4.99 Å². The Bertz CT molecular complexity index is 834. The predicted octanol–water partition coefficient (Wildman–Crippen LogP) is 4.91. The van der Waals surface area contributed by atoms with Gasteiger partial charge >= 0.3 is 0 Å². The summed E-state index contributed by atoms with van der Waals surface area (Å²) in [6.07, 6.45) is 1.75. The van der Waals surface area contributed by atoms with E-state index in [4.69, 9.17) is 0 Å². The highest BCUT2D eigenvalue weighted by Crippen LogP contribution is 2.27. The lowest BCUT2D eigenvalue weighted by molar-refractivity contribution is 0.475. The van der Waals surface area contributed by atoms with Gasteiger partial charge < -0.3 is 5.11 Å². The number of aliphatic imine (C=N–C) groups is 1. The number of fused-ring (bicyclic) bond motifs is 1. The van der Waals surface area contributed by atoms with E-state index in [-0.39, 0.29) is 5.75 Å². The van der Waals surface area contributed by atoms with Gasteiger partial charge in [0, 0.05) is 11.8 Å². The van der Waals surface area contributed by atoms with Crippen LogP contribution in [0.2, 0.25) is 0 Å². The van der Waals surface area contributed by atoms with Crippen molar-refractivity contribution < 1.29 is 5.11 Å². The number of nitrogens with zero attached hydrogens (tertiary/aromatic N) is 1. The Morgan fingerprint density at radius 2 is 1.76 bits per heavy atom. The van der Waals surface area contributed by atoms with Crippen molar-refractivity contribution in [1.82, 2.24) is 0 Å². The summed E-state index contributed by atoms with van der Waals surface area (Å²) < 4.78 is 0. The van der Waals surface area contributed by atoms with E-state index in [2.05, 4.69) is 18.0 Å². The van der Waals surface area contributed by atoms with Crippen molar-refractivity contribution in [2.75, 3.05) is 0 Å². The Labute approximate surface area is 124 Å². The number of hydrogen-bond donors (Lipinski definition) is 1. The zero-order chi connectivity index (χ0) is 14.8. The molecular formula is C19H17NO. The minimum absolute atomic E-state index is 0.252. The van der Waals surface area contributed by atoms with Crippen molar-refractivity contribution in [3.8, 4) is 5.75 Å². The molecule has 0 bridgehead atoms. The normalized spacial score (nSPS) is 11.3. The smallest absolute Gasteiger partial charge is 0.124 e. The third kappa shape index (κ3) is 2.65. The molecule has 0 saturated carbocycles. The quantitative estimate of drug-likeness (QED) is 0.662. The van der Waals surface area contributed by atoms with Crippen LogP contribution in [0.25, 0.3) is 10.8 Å². The minimum Gasteiger partial charge on any atom is -0.507 e. The first-order valence-corrected chi connectivity index (χ1v) is 6.97. The molecule has 1 N–H and O–H groups in total. The second-order valence-electron chi connectivity index (χ2n) is 5.27. The third-order valence-electron chi connectivity index (χ3n) is 3.63. The molecule has 0 aliphatic heterocycles. The van der Waals surface area contributed by atoms with E-state index in [1.165, 1.54) is 5.56 Å². The molecule has 0 saturated heterocycles. The summed E-state index contributed by atoms with van der Waals surface area (Å²) in [5.74, 6) is 0.252. The lowest BCUT2D eigenvalue weighted by atomic mass is 10.0. The molecule has 3 aromatic rings. The van der Waals surface area contributed by atoms with Gasteiger partial charge in [-0.2, -0.15) is 0 Å². The van der Waals surface area contributed by atoms with Gasteiger partial charge in [0.2, 0.25) is 0 Å². The van der Waals surface area contributed by atoms with Crippen LogP contribution >= 0.6 is 0 Å². The second-order valence-corrected chi connectivity index (χ2v) is 5.27. The summed E-state index contributed by atoms with van der Waals surface area (Å²) in [7, 11) is 0. The molecule has 0 amide bonds. The SMILES string of the molecule is Cc1ccc(N=Cc2c(O)ccc3ccccc23)c(C)c1. The van der Waals surface area contributed by atoms with E-state index in [0.29, 0.717) is 0 Å². The lowest BCUT2D eigenvalue weighted by Gasteiger charge is -2.05. The van der Waals surface area contributed by atoms with Gasteiger partial charge in [-0.3, -0.25) is 4.99 Å². The third-order valence-corrected chi connectivity index (χ3v) is 3.63. The number of rotatable bonds is 2. The molecule has 0 heterocycles. The Balaban J connectivity index is 2.09. The van der Waals surface area contributed by atoms with Crippen LogP contribution in [0.3, 0.4) is 0 Å². The van der Waals surface area contributed by atoms with Gasteiger partial charge in [0.25, 0.3) is 0 Å². The Hall–Kier alpha value is -2.61. The number of aromatic hydroxyl groups is 1. The fourth-order valence-corrected chi connectivity index (χ4v) is 2.50. The Morgan fingerprint density at radius 1 is 0.952 bits per heavy atom. The van der Waals surface area contributed by atoms with Crippen LogP contribution in [-0.4, -0.2) is 11.3 Å². The largest absolute Gasteiger partial charge is 0.507 e. The van der Waals surface area contributed by atoms with Crippen LogP contribution in [0.4, 0.5) is 5.69 Å². The molecule has 0 unspecified atom stereocenters. The van der Waals surface area contributed by atoms with Gasteiger partial charge in [-0.1, -0.05) is 48.0 Å². The van der Waals surface area contributed by atoms with Gasteiger partial charge in [-0.05, 0) is 42.3 Å². The molecule has 0 fully saturated rings. The zero-order valence-corrected chi connectivity index (χ0v) is 12.2. The highest BCUT2D eigenvalue weighted by atomic mass is 16.3. The minimum atomic E-state index is 0.252. The summed E-state index contributed by atoms with van der Waals surface area (Å²) in [5.41, 5.74) is 4.03. The number of phenols is 1. The molecule has 0 aliphatic carbocycles. The molecular weight excluding hydrogens is 258 g/mol. The van der Waals surface area contributed by atoms with E-state index < -0.39 is 0 Å². The molecule has 3 rings (SSSR count). The van der Waals surface area contributed by atoms with Crippen LogP contribution in [0.1, 0.15) is 16.7 Å². The summed E-state index contributed by atoms with van der Waals surface area (Å²) in [6.45, 7) is 4.11.